The van der Waals surface area contributed by atoms with E-state index in [1.807, 2.05) is 5.38 Å². The van der Waals surface area contributed by atoms with Crippen LogP contribution in [0.5, 0.6) is 0 Å². The topological polar surface area (TPSA) is 80.9 Å². The first-order chi connectivity index (χ1) is 11.7. The van der Waals surface area contributed by atoms with Crippen molar-refractivity contribution in [2.24, 2.45) is 0 Å². The first-order valence-electron chi connectivity index (χ1n) is 8.14. The summed E-state index contributed by atoms with van der Waals surface area (Å²) in [7, 11) is 0. The molecule has 0 saturated carbocycles. The lowest BCUT2D eigenvalue weighted by molar-refractivity contribution is 0.103. The molecule has 0 atom stereocenters. The number of carbonyl (C=O) groups excluding carboxylic acids is 1. The Labute approximate surface area is 147 Å². The highest BCUT2D eigenvalue weighted by Gasteiger charge is 2.20. The van der Waals surface area contributed by atoms with E-state index >= 15 is 0 Å². The average molecular weight is 358 g/mol. The number of anilines is 2. The lowest BCUT2D eigenvalue weighted by Gasteiger charge is -2.12. The molecule has 1 amide bonds. The minimum atomic E-state index is -0.210. The molecule has 4 rings (SSSR count). The van der Waals surface area contributed by atoms with Crippen LogP contribution in [0.1, 0.15) is 46.6 Å². The number of thiophene rings is 1. The van der Waals surface area contributed by atoms with Crippen molar-refractivity contribution >= 4 is 49.6 Å². The molecule has 5 nitrogen and oxygen atoms in total. The number of thiazole rings is 1. The molecule has 0 bridgehead atoms. The van der Waals surface area contributed by atoms with Gasteiger partial charge in [-0.1, -0.05) is 12.8 Å². The third-order valence-corrected chi connectivity index (χ3v) is 6.16. The van der Waals surface area contributed by atoms with Gasteiger partial charge in [-0.15, -0.1) is 22.7 Å². The number of nitrogens with two attached hydrogens (primary N) is 1. The van der Waals surface area contributed by atoms with E-state index in [2.05, 4.69) is 16.4 Å². The molecule has 1 aliphatic rings. The van der Waals surface area contributed by atoms with Crippen LogP contribution >= 0.6 is 22.7 Å². The van der Waals surface area contributed by atoms with E-state index in [4.69, 9.17) is 10.7 Å². The number of nitrogens with zero attached hydrogens (tertiary/aromatic N) is 2. The average Bonchev–Trinajstić information content (AvgIpc) is 3.16. The summed E-state index contributed by atoms with van der Waals surface area (Å²) in [5, 5.41) is 6.11. The maximum absolute atomic E-state index is 12.5. The zero-order valence-corrected chi connectivity index (χ0v) is 14.8. The van der Waals surface area contributed by atoms with Crippen molar-refractivity contribution in [1.29, 1.82) is 0 Å². The first kappa shape index (κ1) is 15.5. The van der Waals surface area contributed by atoms with Crippen LogP contribution in [0.25, 0.3) is 10.2 Å². The van der Waals surface area contributed by atoms with Crippen LogP contribution in [0.4, 0.5) is 10.8 Å². The Balaban J connectivity index is 1.72. The normalized spacial score (nSPS) is 14.8. The van der Waals surface area contributed by atoms with Crippen LogP contribution < -0.4 is 11.1 Å². The third-order valence-electron chi connectivity index (χ3n) is 4.36. The van der Waals surface area contributed by atoms with Gasteiger partial charge in [-0.25, -0.2) is 9.97 Å². The molecule has 3 aromatic rings. The van der Waals surface area contributed by atoms with Crippen molar-refractivity contribution in [3.8, 4) is 0 Å². The van der Waals surface area contributed by atoms with Gasteiger partial charge in [-0.3, -0.25) is 10.1 Å². The van der Waals surface area contributed by atoms with Gasteiger partial charge >= 0.3 is 0 Å². The second kappa shape index (κ2) is 6.49. The van der Waals surface area contributed by atoms with Crippen LogP contribution in [0.3, 0.4) is 0 Å². The van der Waals surface area contributed by atoms with Gasteiger partial charge in [0.2, 0.25) is 0 Å². The predicted molar refractivity (Wildman–Crippen MR) is 100.0 cm³/mol. The smallest absolute Gasteiger partial charge is 0.269 e. The highest BCUT2D eigenvalue weighted by atomic mass is 32.1. The van der Waals surface area contributed by atoms with Crippen molar-refractivity contribution in [3.63, 3.8) is 0 Å². The highest BCUT2D eigenvalue weighted by molar-refractivity contribution is 7.21. The van der Waals surface area contributed by atoms with Gasteiger partial charge in [0.15, 0.2) is 5.13 Å². The van der Waals surface area contributed by atoms with Crippen molar-refractivity contribution in [3.05, 3.63) is 33.8 Å². The van der Waals surface area contributed by atoms with Crippen molar-refractivity contribution in [2.45, 2.75) is 38.5 Å². The largest absolute Gasteiger partial charge is 0.397 e. The molecule has 3 heterocycles. The quantitative estimate of drug-likeness (QED) is 0.718. The highest BCUT2D eigenvalue weighted by Crippen LogP contribution is 2.35. The third kappa shape index (κ3) is 2.89. The Kier molecular flexibility index (Phi) is 4.20. The summed E-state index contributed by atoms with van der Waals surface area (Å²) in [5.41, 5.74) is 9.26. The molecule has 7 heteroatoms. The second-order valence-corrected chi connectivity index (χ2v) is 7.89. The zero-order valence-electron chi connectivity index (χ0n) is 13.2. The molecular weight excluding hydrogens is 340 g/mol. The molecule has 0 fully saturated rings. The number of rotatable bonds is 2. The number of carbonyl (C=O) groups is 1. The monoisotopic (exact) mass is 358 g/mol. The van der Waals surface area contributed by atoms with Crippen LogP contribution in [0.15, 0.2) is 17.6 Å². The van der Waals surface area contributed by atoms with E-state index in [1.54, 1.807) is 6.20 Å². The van der Waals surface area contributed by atoms with Gasteiger partial charge in [0.1, 0.15) is 9.71 Å². The number of fused-ring (bicyclic) bond motifs is 2. The van der Waals surface area contributed by atoms with E-state index in [9.17, 15) is 4.79 Å². The Bertz CT molecular complexity index is 886. The molecule has 1 aliphatic carbocycles. The van der Waals surface area contributed by atoms with Gasteiger partial charge < -0.3 is 5.73 Å². The van der Waals surface area contributed by atoms with E-state index in [1.165, 1.54) is 59.6 Å². The number of nitrogens with one attached hydrogen (secondary N) is 1. The van der Waals surface area contributed by atoms with E-state index < -0.39 is 0 Å². The number of pyridine rings is 1. The molecule has 3 aromatic heterocycles. The summed E-state index contributed by atoms with van der Waals surface area (Å²) in [4.78, 5) is 22.8. The maximum Gasteiger partial charge on any atom is 0.269 e. The summed E-state index contributed by atoms with van der Waals surface area (Å²) in [6.07, 6.45) is 8.66. The molecule has 0 aliphatic heterocycles. The first-order valence-corrected chi connectivity index (χ1v) is 9.83. The molecule has 0 aromatic carbocycles. The lowest BCUT2D eigenvalue weighted by Crippen LogP contribution is -2.11. The SMILES string of the molecule is Nc1c(C(=O)Nc2nccs2)sc2nc3c(cc12)CCCCCC3. The number of hydrogen-bond acceptors (Lipinski definition) is 6. The molecular formula is C17H18N4OS2. The zero-order chi connectivity index (χ0) is 16.5. The number of aromatic nitrogens is 2. The van der Waals surface area contributed by atoms with Crippen LogP contribution in [-0.4, -0.2) is 15.9 Å². The Morgan fingerprint density at radius 3 is 2.83 bits per heavy atom. The van der Waals surface area contributed by atoms with Crippen LogP contribution in [0.2, 0.25) is 0 Å². The van der Waals surface area contributed by atoms with E-state index in [-0.39, 0.29) is 5.91 Å². The second-order valence-electron chi connectivity index (χ2n) is 6.00. The predicted octanol–water partition coefficient (Wildman–Crippen LogP) is 4.25. The fraction of sp³-hybridized carbons (Fsp3) is 0.353. The van der Waals surface area contributed by atoms with Crippen molar-refractivity contribution in [2.75, 3.05) is 11.1 Å². The number of nitrogen functional groups attached to an aromatic ring is 1. The molecule has 0 radical (unpaired) electrons. The maximum atomic E-state index is 12.5. The minimum absolute atomic E-state index is 0.210. The lowest BCUT2D eigenvalue weighted by atomic mass is 9.96. The summed E-state index contributed by atoms with van der Waals surface area (Å²) < 4.78 is 0. The van der Waals surface area contributed by atoms with Gasteiger partial charge in [0, 0.05) is 22.7 Å². The Hall–Kier alpha value is -1.99. The number of hydrogen-bond donors (Lipinski definition) is 2. The fourth-order valence-corrected chi connectivity index (χ4v) is 4.64. The summed E-state index contributed by atoms with van der Waals surface area (Å²) in [5.74, 6) is -0.210. The summed E-state index contributed by atoms with van der Waals surface area (Å²) >= 11 is 2.76. The van der Waals surface area contributed by atoms with Gasteiger partial charge in [0.25, 0.3) is 5.91 Å². The summed E-state index contributed by atoms with van der Waals surface area (Å²) in [6.45, 7) is 0. The molecule has 3 N–H and O–H groups in total. The van der Waals surface area contributed by atoms with Crippen molar-refractivity contribution in [1.82, 2.24) is 9.97 Å². The Morgan fingerprint density at radius 1 is 1.21 bits per heavy atom. The van der Waals surface area contributed by atoms with Crippen LogP contribution in [0, 0.1) is 0 Å². The van der Waals surface area contributed by atoms with Gasteiger partial charge in [0.05, 0.1) is 5.69 Å². The van der Waals surface area contributed by atoms with Crippen LogP contribution in [-0.2, 0) is 12.8 Å². The molecule has 0 unspecified atom stereocenters. The fourth-order valence-electron chi connectivity index (χ4n) is 3.12. The summed E-state index contributed by atoms with van der Waals surface area (Å²) in [6, 6.07) is 2.15. The minimum Gasteiger partial charge on any atom is -0.397 e. The van der Waals surface area contributed by atoms with Gasteiger partial charge in [-0.05, 0) is 37.3 Å². The number of amides is 1. The van der Waals surface area contributed by atoms with Gasteiger partial charge in [-0.2, -0.15) is 0 Å². The molecule has 0 saturated heterocycles. The molecule has 124 valence electrons. The standard InChI is InChI=1S/C17H18N4OS2/c18-13-11-9-10-5-3-1-2-4-6-12(10)20-16(11)24-14(13)15(22)21-17-19-7-8-23-17/h7-9H,1-6,18H2,(H,19,21,22). The van der Waals surface area contributed by atoms with E-state index in [0.717, 1.165) is 23.1 Å². The number of aryl methyl sites for hydroxylation is 2. The molecule has 0 spiro atoms. The molecule has 24 heavy (non-hydrogen) atoms. The Morgan fingerprint density at radius 2 is 2.04 bits per heavy atom. The van der Waals surface area contributed by atoms with E-state index in [0.29, 0.717) is 15.7 Å². The van der Waals surface area contributed by atoms with Crippen molar-refractivity contribution < 1.29 is 4.79 Å².